The molecule has 2 aliphatic rings. The molecule has 1 fully saturated rings. The van der Waals surface area contributed by atoms with Gasteiger partial charge in [-0.05, 0) is 61.2 Å². The Hall–Kier alpha value is -3.76. The van der Waals surface area contributed by atoms with Crippen LogP contribution in [0.5, 0.6) is 11.5 Å². The molecule has 0 spiro atoms. The van der Waals surface area contributed by atoms with E-state index in [0.717, 1.165) is 35.6 Å². The third-order valence-electron chi connectivity index (χ3n) is 7.78. The molecule has 1 saturated carbocycles. The van der Waals surface area contributed by atoms with E-state index in [-0.39, 0.29) is 29.1 Å². The molecular weight excluding hydrogens is 590 g/mol. The number of amides is 2. The van der Waals surface area contributed by atoms with E-state index in [2.05, 4.69) is 5.32 Å². The average Bonchev–Trinajstić information content (AvgIpc) is 3.53. The summed E-state index contributed by atoms with van der Waals surface area (Å²) in [6, 6.07) is 19.1. The van der Waals surface area contributed by atoms with Crippen LogP contribution in [0.2, 0.25) is 5.02 Å². The number of hydrogen-bond acceptors (Lipinski definition) is 6. The van der Waals surface area contributed by atoms with Gasteiger partial charge in [0.2, 0.25) is 11.8 Å². The van der Waals surface area contributed by atoms with Crippen molar-refractivity contribution in [3.8, 4) is 11.5 Å². The maximum absolute atomic E-state index is 14.3. The number of rotatable bonds is 11. The SMILES string of the molecule is CC[C@@H](C(=O)NC1CCCC1)N(Cc1ccc(Cl)cc1)C(=O)CN(c1ccc2c(c1)OCCO2)S(=O)(=O)c1ccccc1. The lowest BCUT2D eigenvalue weighted by molar-refractivity contribution is -0.140. The number of ether oxygens (including phenoxy) is 2. The second-order valence-electron chi connectivity index (χ2n) is 10.7. The Morgan fingerprint density at radius 1 is 0.953 bits per heavy atom. The van der Waals surface area contributed by atoms with Crippen LogP contribution in [0.15, 0.2) is 77.7 Å². The molecule has 0 saturated heterocycles. The van der Waals surface area contributed by atoms with Crippen molar-refractivity contribution in [3.05, 3.63) is 83.4 Å². The molecule has 1 aliphatic carbocycles. The first kappa shape index (κ1) is 30.7. The van der Waals surface area contributed by atoms with Crippen LogP contribution in [0, 0.1) is 0 Å². The first-order valence-electron chi connectivity index (χ1n) is 14.6. The van der Waals surface area contributed by atoms with Crippen molar-refractivity contribution in [2.24, 2.45) is 0 Å². The summed E-state index contributed by atoms with van der Waals surface area (Å²) >= 11 is 6.10. The van der Waals surface area contributed by atoms with Crippen LogP contribution in [-0.4, -0.2) is 57.0 Å². The van der Waals surface area contributed by atoms with Crippen molar-refractivity contribution in [2.75, 3.05) is 24.1 Å². The summed E-state index contributed by atoms with van der Waals surface area (Å²) in [7, 11) is -4.19. The molecule has 0 aromatic heterocycles. The fourth-order valence-electron chi connectivity index (χ4n) is 5.51. The summed E-state index contributed by atoms with van der Waals surface area (Å²) in [6.45, 7) is 2.13. The van der Waals surface area contributed by atoms with E-state index >= 15 is 0 Å². The highest BCUT2D eigenvalue weighted by Crippen LogP contribution is 2.36. The topological polar surface area (TPSA) is 105 Å². The number of halogens is 1. The first-order chi connectivity index (χ1) is 20.8. The van der Waals surface area contributed by atoms with Crippen molar-refractivity contribution in [2.45, 2.75) is 62.6 Å². The zero-order valence-electron chi connectivity index (χ0n) is 24.1. The van der Waals surface area contributed by atoms with Crippen LogP contribution in [0.4, 0.5) is 5.69 Å². The quantitative estimate of drug-likeness (QED) is 0.315. The number of nitrogens with one attached hydrogen (secondary N) is 1. The molecule has 1 N–H and O–H groups in total. The molecule has 228 valence electrons. The standard InChI is InChI=1S/C32H36ClN3O6S/c1-2-28(32(38)34-25-8-6-7-9-25)35(21-23-12-14-24(33)15-13-23)31(37)22-36(43(39,40)27-10-4-3-5-11-27)26-16-17-29-30(20-26)42-19-18-41-29/h3-5,10-17,20,25,28H,2,6-9,18-19,21-22H2,1H3,(H,34,38)/t28-/m0/s1. The molecule has 1 atom stereocenters. The van der Waals surface area contributed by atoms with Gasteiger partial charge in [0.1, 0.15) is 25.8 Å². The minimum Gasteiger partial charge on any atom is -0.486 e. The molecule has 5 rings (SSSR count). The average molecular weight is 626 g/mol. The van der Waals surface area contributed by atoms with Gasteiger partial charge in [-0.3, -0.25) is 13.9 Å². The highest BCUT2D eigenvalue weighted by Gasteiger charge is 2.35. The molecule has 43 heavy (non-hydrogen) atoms. The third kappa shape index (κ3) is 7.25. The van der Waals surface area contributed by atoms with E-state index in [0.29, 0.717) is 36.2 Å². The predicted octanol–water partition coefficient (Wildman–Crippen LogP) is 5.17. The second-order valence-corrected chi connectivity index (χ2v) is 13.0. The maximum Gasteiger partial charge on any atom is 0.264 e. The summed E-state index contributed by atoms with van der Waals surface area (Å²) < 4.78 is 40.5. The zero-order valence-corrected chi connectivity index (χ0v) is 25.6. The number of fused-ring (bicyclic) bond motifs is 1. The third-order valence-corrected chi connectivity index (χ3v) is 9.82. The summed E-state index contributed by atoms with van der Waals surface area (Å²) in [5.74, 6) is 0.133. The van der Waals surface area contributed by atoms with Crippen LogP contribution in [0.1, 0.15) is 44.6 Å². The van der Waals surface area contributed by atoms with E-state index < -0.39 is 28.5 Å². The van der Waals surface area contributed by atoms with E-state index in [4.69, 9.17) is 21.1 Å². The van der Waals surface area contributed by atoms with Crippen molar-refractivity contribution in [1.29, 1.82) is 0 Å². The summed E-state index contributed by atoms with van der Waals surface area (Å²) in [5.41, 5.74) is 1.01. The fraction of sp³-hybridized carbons (Fsp3) is 0.375. The molecule has 2 amide bonds. The molecule has 3 aromatic rings. The Morgan fingerprint density at radius 2 is 1.63 bits per heavy atom. The molecule has 1 aliphatic heterocycles. The van der Waals surface area contributed by atoms with E-state index in [9.17, 15) is 18.0 Å². The van der Waals surface area contributed by atoms with Gasteiger partial charge < -0.3 is 19.7 Å². The van der Waals surface area contributed by atoms with Crippen LogP contribution >= 0.6 is 11.6 Å². The van der Waals surface area contributed by atoms with Gasteiger partial charge in [-0.25, -0.2) is 8.42 Å². The summed E-state index contributed by atoms with van der Waals surface area (Å²) in [4.78, 5) is 29.3. The van der Waals surface area contributed by atoms with E-state index in [1.54, 1.807) is 60.7 Å². The minimum absolute atomic E-state index is 0.0351. The largest absolute Gasteiger partial charge is 0.486 e. The summed E-state index contributed by atoms with van der Waals surface area (Å²) in [5, 5.41) is 3.67. The smallest absolute Gasteiger partial charge is 0.264 e. The number of carbonyl (C=O) groups excluding carboxylic acids is 2. The number of carbonyl (C=O) groups is 2. The van der Waals surface area contributed by atoms with Gasteiger partial charge in [0.05, 0.1) is 10.6 Å². The first-order valence-corrected chi connectivity index (χ1v) is 16.4. The second kappa shape index (κ2) is 13.7. The number of nitrogens with zero attached hydrogens (tertiary/aromatic N) is 2. The lowest BCUT2D eigenvalue weighted by atomic mass is 10.1. The number of sulfonamides is 1. The molecule has 1 heterocycles. The van der Waals surface area contributed by atoms with E-state index in [1.165, 1.54) is 17.0 Å². The van der Waals surface area contributed by atoms with Gasteiger partial charge in [-0.2, -0.15) is 0 Å². The molecule has 0 radical (unpaired) electrons. The van der Waals surface area contributed by atoms with Gasteiger partial charge in [0, 0.05) is 23.7 Å². The Balaban J connectivity index is 1.51. The zero-order chi connectivity index (χ0) is 30.4. The summed E-state index contributed by atoms with van der Waals surface area (Å²) in [6.07, 6.45) is 4.27. The van der Waals surface area contributed by atoms with Crippen LogP contribution in [0.25, 0.3) is 0 Å². The number of benzene rings is 3. The number of hydrogen-bond donors (Lipinski definition) is 1. The Kier molecular flexibility index (Phi) is 9.77. The van der Waals surface area contributed by atoms with Crippen molar-refractivity contribution in [3.63, 3.8) is 0 Å². The maximum atomic E-state index is 14.3. The van der Waals surface area contributed by atoms with Crippen molar-refractivity contribution >= 4 is 39.1 Å². The lowest BCUT2D eigenvalue weighted by Gasteiger charge is -2.34. The fourth-order valence-corrected chi connectivity index (χ4v) is 7.06. The van der Waals surface area contributed by atoms with Gasteiger partial charge >= 0.3 is 0 Å². The Labute approximate surface area is 257 Å². The molecule has 9 nitrogen and oxygen atoms in total. The lowest BCUT2D eigenvalue weighted by Crippen LogP contribution is -2.53. The highest BCUT2D eigenvalue weighted by atomic mass is 35.5. The molecular formula is C32H36ClN3O6S. The van der Waals surface area contributed by atoms with Gasteiger partial charge in [0.25, 0.3) is 10.0 Å². The van der Waals surface area contributed by atoms with Gasteiger partial charge in [-0.15, -0.1) is 0 Å². The highest BCUT2D eigenvalue weighted by molar-refractivity contribution is 7.92. The molecule has 11 heteroatoms. The molecule has 0 unspecified atom stereocenters. The predicted molar refractivity (Wildman–Crippen MR) is 165 cm³/mol. The molecule has 3 aromatic carbocycles. The Morgan fingerprint density at radius 3 is 2.30 bits per heavy atom. The molecule has 0 bridgehead atoms. The van der Waals surface area contributed by atoms with Gasteiger partial charge in [-0.1, -0.05) is 61.7 Å². The van der Waals surface area contributed by atoms with Crippen LogP contribution in [0.3, 0.4) is 0 Å². The van der Waals surface area contributed by atoms with Gasteiger partial charge in [0.15, 0.2) is 11.5 Å². The number of anilines is 1. The monoisotopic (exact) mass is 625 g/mol. The van der Waals surface area contributed by atoms with Crippen molar-refractivity contribution < 1.29 is 27.5 Å². The minimum atomic E-state index is -4.19. The van der Waals surface area contributed by atoms with Crippen LogP contribution < -0.4 is 19.1 Å². The normalized spacial score (nSPS) is 15.5. The Bertz CT molecular complexity index is 1530. The van der Waals surface area contributed by atoms with Crippen LogP contribution in [-0.2, 0) is 26.2 Å². The van der Waals surface area contributed by atoms with E-state index in [1.807, 2.05) is 6.92 Å². The van der Waals surface area contributed by atoms with Crippen molar-refractivity contribution in [1.82, 2.24) is 10.2 Å².